The lowest BCUT2D eigenvalue weighted by Gasteiger charge is -2.23. The van der Waals surface area contributed by atoms with Gasteiger partial charge in [0.2, 0.25) is 0 Å². The third-order valence-corrected chi connectivity index (χ3v) is 6.25. The molecule has 0 saturated heterocycles. The van der Waals surface area contributed by atoms with Gasteiger partial charge in [0.25, 0.3) is 11.8 Å². The van der Waals surface area contributed by atoms with Gasteiger partial charge in [-0.25, -0.2) is 4.98 Å². The van der Waals surface area contributed by atoms with Crippen molar-refractivity contribution in [1.29, 1.82) is 0 Å². The molecule has 1 N–H and O–H groups in total. The Morgan fingerprint density at radius 1 is 1.13 bits per heavy atom. The van der Waals surface area contributed by atoms with Crippen LogP contribution in [0.25, 0.3) is 10.2 Å². The molecule has 2 heterocycles. The monoisotopic (exact) mass is 419 g/mol. The standard InChI is InChI=1S/C23H21N3O3S/c1-14-10-11-16(13-18(14)24-21(27)19-8-6-12-29-19)23(28)26(3)15(2)22-25-17-7-4-5-9-20(17)30-22/h4-13,15H,1-3H3,(H,24,27). The summed E-state index contributed by atoms with van der Waals surface area (Å²) in [6.45, 7) is 3.84. The second-order valence-electron chi connectivity index (χ2n) is 7.07. The number of amides is 2. The maximum atomic E-state index is 13.1. The van der Waals surface area contributed by atoms with Gasteiger partial charge in [-0.1, -0.05) is 18.2 Å². The molecule has 0 radical (unpaired) electrons. The minimum atomic E-state index is -0.358. The summed E-state index contributed by atoms with van der Waals surface area (Å²) in [6.07, 6.45) is 1.44. The maximum Gasteiger partial charge on any atom is 0.291 e. The summed E-state index contributed by atoms with van der Waals surface area (Å²) in [5.41, 5.74) is 2.85. The van der Waals surface area contributed by atoms with Crippen LogP contribution in [0.4, 0.5) is 5.69 Å². The number of aromatic nitrogens is 1. The number of nitrogens with one attached hydrogen (secondary N) is 1. The highest BCUT2D eigenvalue weighted by molar-refractivity contribution is 7.18. The number of benzene rings is 2. The average molecular weight is 420 g/mol. The Labute approximate surface area is 178 Å². The van der Waals surface area contributed by atoms with Crippen molar-refractivity contribution in [3.05, 3.63) is 82.8 Å². The van der Waals surface area contributed by atoms with Gasteiger partial charge in [-0.2, -0.15) is 0 Å². The van der Waals surface area contributed by atoms with E-state index in [1.54, 1.807) is 47.5 Å². The molecule has 30 heavy (non-hydrogen) atoms. The molecule has 0 aliphatic heterocycles. The molecule has 1 unspecified atom stereocenters. The minimum absolute atomic E-state index is 0.143. The molecule has 7 heteroatoms. The van der Waals surface area contributed by atoms with E-state index in [1.807, 2.05) is 44.2 Å². The lowest BCUT2D eigenvalue weighted by molar-refractivity contribution is 0.0742. The second-order valence-corrected chi connectivity index (χ2v) is 8.14. The number of furan rings is 1. The van der Waals surface area contributed by atoms with Crippen molar-refractivity contribution < 1.29 is 14.0 Å². The first-order chi connectivity index (χ1) is 14.4. The quantitative estimate of drug-likeness (QED) is 0.477. The first-order valence-corrected chi connectivity index (χ1v) is 10.3. The predicted molar refractivity (Wildman–Crippen MR) is 118 cm³/mol. The number of nitrogens with zero attached hydrogens (tertiary/aromatic N) is 2. The number of anilines is 1. The molecule has 4 aromatic rings. The van der Waals surface area contributed by atoms with Crippen LogP contribution < -0.4 is 5.32 Å². The zero-order valence-corrected chi connectivity index (χ0v) is 17.7. The number of thiazole rings is 1. The Hall–Kier alpha value is -3.45. The molecule has 0 fully saturated rings. The molecule has 2 aromatic heterocycles. The smallest absolute Gasteiger partial charge is 0.291 e. The fraction of sp³-hybridized carbons (Fsp3) is 0.174. The highest BCUT2D eigenvalue weighted by Crippen LogP contribution is 2.30. The van der Waals surface area contributed by atoms with E-state index in [0.717, 1.165) is 20.8 Å². The average Bonchev–Trinajstić information content (AvgIpc) is 3.43. The van der Waals surface area contributed by atoms with E-state index < -0.39 is 0 Å². The van der Waals surface area contributed by atoms with Crippen LogP contribution in [-0.4, -0.2) is 28.7 Å². The van der Waals surface area contributed by atoms with Crippen molar-refractivity contribution in [3.8, 4) is 0 Å². The molecule has 0 bridgehead atoms. The molecule has 1 atom stereocenters. The van der Waals surface area contributed by atoms with E-state index in [2.05, 4.69) is 10.3 Å². The Kier molecular flexibility index (Phi) is 5.37. The Morgan fingerprint density at radius 2 is 1.93 bits per heavy atom. The highest BCUT2D eigenvalue weighted by Gasteiger charge is 2.22. The number of fused-ring (bicyclic) bond motifs is 1. The molecule has 4 rings (SSSR count). The van der Waals surface area contributed by atoms with Gasteiger partial charge in [-0.3, -0.25) is 9.59 Å². The summed E-state index contributed by atoms with van der Waals surface area (Å²) >= 11 is 1.59. The molecule has 0 aliphatic carbocycles. The molecule has 0 saturated carbocycles. The lowest BCUT2D eigenvalue weighted by atomic mass is 10.1. The Morgan fingerprint density at radius 3 is 2.67 bits per heavy atom. The molecular formula is C23H21N3O3S. The van der Waals surface area contributed by atoms with Gasteiger partial charge >= 0.3 is 0 Å². The van der Waals surface area contributed by atoms with Gasteiger partial charge in [0.1, 0.15) is 5.01 Å². The van der Waals surface area contributed by atoms with Crippen LogP contribution in [0.5, 0.6) is 0 Å². The molecule has 6 nitrogen and oxygen atoms in total. The Balaban J connectivity index is 1.55. The van der Waals surface area contributed by atoms with Gasteiger partial charge < -0.3 is 14.6 Å². The molecule has 0 spiro atoms. The third kappa shape index (κ3) is 3.84. The Bertz CT molecular complexity index is 1180. The van der Waals surface area contributed by atoms with Crippen molar-refractivity contribution in [2.45, 2.75) is 19.9 Å². The largest absolute Gasteiger partial charge is 0.459 e. The second kappa shape index (κ2) is 8.12. The number of carbonyl (C=O) groups excluding carboxylic acids is 2. The van der Waals surface area contributed by atoms with Crippen LogP contribution in [0.1, 0.15) is 44.4 Å². The van der Waals surface area contributed by atoms with Crippen molar-refractivity contribution in [2.75, 3.05) is 12.4 Å². The fourth-order valence-electron chi connectivity index (χ4n) is 3.10. The summed E-state index contributed by atoms with van der Waals surface area (Å²) in [4.78, 5) is 31.8. The van der Waals surface area contributed by atoms with E-state index in [1.165, 1.54) is 6.26 Å². The summed E-state index contributed by atoms with van der Waals surface area (Å²) < 4.78 is 6.23. The molecule has 152 valence electrons. The number of para-hydroxylation sites is 1. The van der Waals surface area contributed by atoms with Crippen LogP contribution in [0, 0.1) is 6.92 Å². The summed E-state index contributed by atoms with van der Waals surface area (Å²) in [7, 11) is 1.76. The molecule has 0 aliphatic rings. The van der Waals surface area contributed by atoms with Crippen molar-refractivity contribution in [1.82, 2.24) is 9.88 Å². The van der Waals surface area contributed by atoms with Gasteiger partial charge in [-0.05, 0) is 55.8 Å². The molecule has 2 aromatic carbocycles. The van der Waals surface area contributed by atoms with Crippen LogP contribution in [-0.2, 0) is 0 Å². The van der Waals surface area contributed by atoms with E-state index in [9.17, 15) is 9.59 Å². The van der Waals surface area contributed by atoms with Crippen LogP contribution >= 0.6 is 11.3 Å². The van der Waals surface area contributed by atoms with Crippen LogP contribution in [0.3, 0.4) is 0 Å². The number of hydrogen-bond acceptors (Lipinski definition) is 5. The lowest BCUT2D eigenvalue weighted by Crippen LogP contribution is -2.29. The number of rotatable bonds is 5. The number of aryl methyl sites for hydroxylation is 1. The van der Waals surface area contributed by atoms with Gasteiger partial charge in [-0.15, -0.1) is 11.3 Å². The minimum Gasteiger partial charge on any atom is -0.459 e. The summed E-state index contributed by atoms with van der Waals surface area (Å²) in [6, 6.07) is 16.3. The fourth-order valence-corrected chi connectivity index (χ4v) is 4.16. The van der Waals surface area contributed by atoms with Crippen molar-refractivity contribution in [3.63, 3.8) is 0 Å². The molecule has 2 amide bonds. The maximum absolute atomic E-state index is 13.1. The number of carbonyl (C=O) groups is 2. The zero-order chi connectivity index (χ0) is 21.3. The van der Waals surface area contributed by atoms with Gasteiger partial charge in [0, 0.05) is 18.3 Å². The van der Waals surface area contributed by atoms with E-state index in [4.69, 9.17) is 4.42 Å². The topological polar surface area (TPSA) is 75.4 Å². The SMILES string of the molecule is Cc1ccc(C(=O)N(C)C(C)c2nc3ccccc3s2)cc1NC(=O)c1ccco1. The van der Waals surface area contributed by atoms with Crippen LogP contribution in [0.15, 0.2) is 65.3 Å². The first-order valence-electron chi connectivity index (χ1n) is 9.52. The highest BCUT2D eigenvalue weighted by atomic mass is 32.1. The number of hydrogen-bond donors (Lipinski definition) is 1. The van der Waals surface area contributed by atoms with E-state index in [-0.39, 0.29) is 23.6 Å². The molecular weight excluding hydrogens is 398 g/mol. The summed E-state index contributed by atoms with van der Waals surface area (Å²) in [5, 5.41) is 3.69. The van der Waals surface area contributed by atoms with Crippen molar-refractivity contribution in [2.24, 2.45) is 0 Å². The summed E-state index contributed by atoms with van der Waals surface area (Å²) in [5.74, 6) is -0.285. The normalized spacial score (nSPS) is 12.0. The van der Waals surface area contributed by atoms with Crippen molar-refractivity contribution >= 4 is 39.1 Å². The van der Waals surface area contributed by atoms with Gasteiger partial charge in [0.05, 0.1) is 22.5 Å². The first kappa shape index (κ1) is 19.8. The van der Waals surface area contributed by atoms with E-state index in [0.29, 0.717) is 11.3 Å². The van der Waals surface area contributed by atoms with Gasteiger partial charge in [0.15, 0.2) is 5.76 Å². The predicted octanol–water partition coefficient (Wildman–Crippen LogP) is 5.28. The third-order valence-electron chi connectivity index (χ3n) is 5.05. The van der Waals surface area contributed by atoms with Crippen LogP contribution in [0.2, 0.25) is 0 Å². The van der Waals surface area contributed by atoms with E-state index >= 15 is 0 Å². The zero-order valence-electron chi connectivity index (χ0n) is 16.9.